The molecule has 0 fully saturated rings. The van der Waals surface area contributed by atoms with E-state index >= 15 is 0 Å². The molecule has 21 heavy (non-hydrogen) atoms. The molecule has 1 rings (SSSR count). The molecule has 2 atom stereocenters. The lowest BCUT2D eigenvalue weighted by atomic mass is 9.88. The zero-order chi connectivity index (χ0) is 16.0. The Balaban J connectivity index is 2.74. The number of benzene rings is 1. The molecule has 5 heteroatoms. The van der Waals surface area contributed by atoms with Crippen LogP contribution in [0.5, 0.6) is 0 Å². The molecule has 1 aromatic rings. The lowest BCUT2D eigenvalue weighted by Crippen LogP contribution is -2.47. The number of hydrogen-bond donors (Lipinski definition) is 3. The third kappa shape index (κ3) is 5.85. The fourth-order valence-electron chi connectivity index (χ4n) is 1.73. The van der Waals surface area contributed by atoms with E-state index in [4.69, 9.17) is 5.11 Å². The topological polar surface area (TPSA) is 78.4 Å². The van der Waals surface area contributed by atoms with Crippen molar-refractivity contribution in [3.05, 3.63) is 35.9 Å². The highest BCUT2D eigenvalue weighted by Gasteiger charge is 2.23. The molecule has 0 aliphatic heterocycles. The van der Waals surface area contributed by atoms with Crippen LogP contribution < -0.4 is 10.6 Å². The number of urea groups is 1. The number of hydrogen-bond acceptors (Lipinski definition) is 2. The van der Waals surface area contributed by atoms with Crippen LogP contribution in [0.2, 0.25) is 0 Å². The molecule has 3 N–H and O–H groups in total. The molecule has 0 saturated carbocycles. The second kappa shape index (κ2) is 7.11. The predicted molar refractivity (Wildman–Crippen MR) is 82.0 cm³/mol. The van der Waals surface area contributed by atoms with Gasteiger partial charge in [0.2, 0.25) is 0 Å². The van der Waals surface area contributed by atoms with Gasteiger partial charge in [-0.2, -0.15) is 0 Å². The van der Waals surface area contributed by atoms with Gasteiger partial charge in [0.05, 0.1) is 12.5 Å². The molecule has 0 saturated heterocycles. The summed E-state index contributed by atoms with van der Waals surface area (Å²) in [6.07, 6.45) is -0.151. The highest BCUT2D eigenvalue weighted by Crippen LogP contribution is 2.19. The summed E-state index contributed by atoms with van der Waals surface area (Å²) < 4.78 is 0. The van der Waals surface area contributed by atoms with Crippen molar-refractivity contribution in [2.75, 3.05) is 0 Å². The van der Waals surface area contributed by atoms with Crippen LogP contribution in [0.4, 0.5) is 4.79 Å². The third-order valence-corrected chi connectivity index (χ3v) is 3.53. The first-order valence-corrected chi connectivity index (χ1v) is 7.04. The third-order valence-electron chi connectivity index (χ3n) is 3.53. The normalized spacial score (nSPS) is 14.1. The highest BCUT2D eigenvalue weighted by atomic mass is 16.4. The van der Waals surface area contributed by atoms with E-state index in [0.717, 1.165) is 5.56 Å². The van der Waals surface area contributed by atoms with Crippen LogP contribution in [0.15, 0.2) is 30.3 Å². The molecule has 0 heterocycles. The Morgan fingerprint density at radius 3 is 2.19 bits per heavy atom. The minimum Gasteiger partial charge on any atom is -0.481 e. The second-order valence-electron chi connectivity index (χ2n) is 6.27. The number of rotatable bonds is 5. The van der Waals surface area contributed by atoms with Gasteiger partial charge in [-0.25, -0.2) is 4.79 Å². The van der Waals surface area contributed by atoms with E-state index in [9.17, 15) is 9.59 Å². The first kappa shape index (κ1) is 17.0. The van der Waals surface area contributed by atoms with Crippen molar-refractivity contribution in [2.24, 2.45) is 5.41 Å². The maximum Gasteiger partial charge on any atom is 0.315 e. The Hall–Kier alpha value is -2.04. The van der Waals surface area contributed by atoms with Gasteiger partial charge in [-0.15, -0.1) is 0 Å². The van der Waals surface area contributed by atoms with Crippen LogP contribution in [0.1, 0.15) is 45.7 Å². The van der Waals surface area contributed by atoms with Gasteiger partial charge in [0.1, 0.15) is 0 Å². The molecular formula is C16H24N2O3. The van der Waals surface area contributed by atoms with Gasteiger partial charge < -0.3 is 15.7 Å². The van der Waals surface area contributed by atoms with Crippen LogP contribution in [-0.2, 0) is 4.79 Å². The van der Waals surface area contributed by atoms with E-state index in [1.165, 1.54) is 0 Å². The molecule has 2 amide bonds. The molecule has 1 aromatic carbocycles. The monoisotopic (exact) mass is 292 g/mol. The lowest BCUT2D eigenvalue weighted by Gasteiger charge is -2.29. The summed E-state index contributed by atoms with van der Waals surface area (Å²) >= 11 is 0. The Morgan fingerprint density at radius 2 is 1.71 bits per heavy atom. The van der Waals surface area contributed by atoms with Gasteiger partial charge in [0, 0.05) is 6.04 Å². The zero-order valence-corrected chi connectivity index (χ0v) is 13.0. The smallest absolute Gasteiger partial charge is 0.315 e. The maximum absolute atomic E-state index is 12.1. The Labute approximate surface area is 125 Å². The van der Waals surface area contributed by atoms with Crippen molar-refractivity contribution in [3.63, 3.8) is 0 Å². The van der Waals surface area contributed by atoms with E-state index in [0.29, 0.717) is 0 Å². The van der Waals surface area contributed by atoms with Crippen molar-refractivity contribution in [3.8, 4) is 0 Å². The standard InChI is InChI=1S/C16H24N2O3/c1-11(16(2,3)4)17-15(21)18-13(10-14(19)20)12-8-6-5-7-9-12/h5-9,11,13H,10H2,1-4H3,(H,19,20)(H2,17,18,21). The summed E-state index contributed by atoms with van der Waals surface area (Å²) in [5, 5.41) is 14.6. The quantitative estimate of drug-likeness (QED) is 0.780. The number of carboxylic acid groups (broad SMARTS) is 1. The van der Waals surface area contributed by atoms with E-state index < -0.39 is 12.0 Å². The van der Waals surface area contributed by atoms with Gasteiger partial charge in [0.15, 0.2) is 0 Å². The van der Waals surface area contributed by atoms with Crippen molar-refractivity contribution < 1.29 is 14.7 Å². The molecular weight excluding hydrogens is 268 g/mol. The van der Waals surface area contributed by atoms with E-state index in [2.05, 4.69) is 10.6 Å². The summed E-state index contributed by atoms with van der Waals surface area (Å²) in [5.74, 6) is -0.951. The Morgan fingerprint density at radius 1 is 1.14 bits per heavy atom. The summed E-state index contributed by atoms with van der Waals surface area (Å²) in [7, 11) is 0. The number of nitrogens with one attached hydrogen (secondary N) is 2. The summed E-state index contributed by atoms with van der Waals surface area (Å²) in [5.41, 5.74) is 0.713. The van der Waals surface area contributed by atoms with Crippen molar-refractivity contribution >= 4 is 12.0 Å². The Kier molecular flexibility index (Phi) is 5.76. The van der Waals surface area contributed by atoms with Gasteiger partial charge in [0.25, 0.3) is 0 Å². The molecule has 0 bridgehead atoms. The van der Waals surface area contributed by atoms with Gasteiger partial charge in [-0.1, -0.05) is 51.1 Å². The van der Waals surface area contributed by atoms with E-state index in [1.54, 1.807) is 12.1 Å². The fourth-order valence-corrected chi connectivity index (χ4v) is 1.73. The van der Waals surface area contributed by atoms with Crippen LogP contribution >= 0.6 is 0 Å². The lowest BCUT2D eigenvalue weighted by molar-refractivity contribution is -0.137. The van der Waals surface area contributed by atoms with Crippen molar-refractivity contribution in [2.45, 2.75) is 46.2 Å². The zero-order valence-electron chi connectivity index (χ0n) is 13.0. The highest BCUT2D eigenvalue weighted by molar-refractivity contribution is 5.76. The van der Waals surface area contributed by atoms with Crippen LogP contribution in [-0.4, -0.2) is 23.1 Å². The minimum atomic E-state index is -0.951. The van der Waals surface area contributed by atoms with Crippen LogP contribution in [0.3, 0.4) is 0 Å². The van der Waals surface area contributed by atoms with E-state index in [-0.39, 0.29) is 23.9 Å². The molecule has 0 aliphatic carbocycles. The second-order valence-corrected chi connectivity index (χ2v) is 6.27. The van der Waals surface area contributed by atoms with Gasteiger partial charge in [-0.05, 0) is 17.9 Å². The number of amides is 2. The summed E-state index contributed by atoms with van der Waals surface area (Å²) in [4.78, 5) is 23.0. The molecule has 5 nitrogen and oxygen atoms in total. The average molecular weight is 292 g/mol. The SMILES string of the molecule is CC(NC(=O)NC(CC(=O)O)c1ccccc1)C(C)(C)C. The van der Waals surface area contributed by atoms with Crippen molar-refractivity contribution in [1.82, 2.24) is 10.6 Å². The molecule has 2 unspecified atom stereocenters. The predicted octanol–water partition coefficient (Wildman–Crippen LogP) is 2.94. The molecule has 0 radical (unpaired) electrons. The van der Waals surface area contributed by atoms with E-state index in [1.807, 2.05) is 45.9 Å². The largest absolute Gasteiger partial charge is 0.481 e. The first-order valence-electron chi connectivity index (χ1n) is 7.04. The van der Waals surface area contributed by atoms with Crippen LogP contribution in [0.25, 0.3) is 0 Å². The number of carbonyl (C=O) groups excluding carboxylic acids is 1. The van der Waals surface area contributed by atoms with Gasteiger partial charge >= 0.3 is 12.0 Å². The molecule has 0 aromatic heterocycles. The first-order chi connectivity index (χ1) is 9.70. The van der Waals surface area contributed by atoms with Crippen molar-refractivity contribution in [1.29, 1.82) is 0 Å². The molecule has 0 aliphatic rings. The molecule has 0 spiro atoms. The summed E-state index contributed by atoms with van der Waals surface area (Å²) in [6.45, 7) is 8.02. The van der Waals surface area contributed by atoms with Gasteiger partial charge in [-0.3, -0.25) is 4.79 Å². The maximum atomic E-state index is 12.1. The fraction of sp³-hybridized carbons (Fsp3) is 0.500. The molecule has 116 valence electrons. The average Bonchev–Trinajstić information content (AvgIpc) is 2.37. The number of carboxylic acids is 1. The number of aliphatic carboxylic acids is 1. The minimum absolute atomic E-state index is 0.0289. The number of carbonyl (C=O) groups is 2. The van der Waals surface area contributed by atoms with Crippen LogP contribution in [0, 0.1) is 5.41 Å². The Bertz CT molecular complexity index is 480. The summed E-state index contributed by atoms with van der Waals surface area (Å²) in [6, 6.07) is 8.18.